The maximum atomic E-state index is 4.57. The average Bonchev–Trinajstić information content (AvgIpc) is 2.78. The summed E-state index contributed by atoms with van der Waals surface area (Å²) in [6.07, 6.45) is 9.39. The normalized spacial score (nSPS) is 19.1. The third kappa shape index (κ3) is 3.14. The van der Waals surface area contributed by atoms with Crippen molar-refractivity contribution in [1.82, 2.24) is 15.1 Å². The minimum absolute atomic E-state index is 0.464. The molecule has 1 unspecified atom stereocenters. The number of nitrogens with zero attached hydrogens (tertiary/aromatic N) is 2. The summed E-state index contributed by atoms with van der Waals surface area (Å²) < 4.78 is 2.06. The van der Waals surface area contributed by atoms with E-state index in [2.05, 4.69) is 42.2 Å². The van der Waals surface area contributed by atoms with E-state index in [4.69, 9.17) is 0 Å². The molecule has 3 nitrogen and oxygen atoms in total. The van der Waals surface area contributed by atoms with Crippen molar-refractivity contribution in [2.24, 2.45) is 13.0 Å². The van der Waals surface area contributed by atoms with E-state index in [-0.39, 0.29) is 0 Å². The van der Waals surface area contributed by atoms with Crippen LogP contribution in [0.1, 0.15) is 62.9 Å². The first-order valence-electron chi connectivity index (χ1n) is 7.44. The molecule has 2 rings (SSSR count). The van der Waals surface area contributed by atoms with E-state index in [0.717, 1.165) is 12.3 Å². The van der Waals surface area contributed by atoms with Crippen molar-refractivity contribution >= 4 is 0 Å². The molecule has 0 spiro atoms. The van der Waals surface area contributed by atoms with Gasteiger partial charge in [-0.25, -0.2) is 0 Å². The molecule has 1 aliphatic carbocycles. The van der Waals surface area contributed by atoms with Gasteiger partial charge in [-0.05, 0) is 31.9 Å². The summed E-state index contributed by atoms with van der Waals surface area (Å²) in [7, 11) is 4.14. The van der Waals surface area contributed by atoms with Crippen LogP contribution < -0.4 is 5.32 Å². The van der Waals surface area contributed by atoms with Crippen LogP contribution in [0.2, 0.25) is 0 Å². The topological polar surface area (TPSA) is 29.9 Å². The molecule has 0 aromatic carbocycles. The van der Waals surface area contributed by atoms with E-state index >= 15 is 0 Å². The van der Waals surface area contributed by atoms with Crippen molar-refractivity contribution in [3.8, 4) is 0 Å². The van der Waals surface area contributed by atoms with E-state index in [9.17, 15) is 0 Å². The molecule has 1 aromatic rings. The largest absolute Gasteiger partial charge is 0.312 e. The van der Waals surface area contributed by atoms with Crippen molar-refractivity contribution in [2.45, 2.75) is 57.9 Å². The zero-order valence-electron chi connectivity index (χ0n) is 12.1. The van der Waals surface area contributed by atoms with Gasteiger partial charge in [0.05, 0.1) is 11.4 Å². The van der Waals surface area contributed by atoms with Crippen molar-refractivity contribution in [3.63, 3.8) is 0 Å². The smallest absolute Gasteiger partial charge is 0.0625 e. The van der Waals surface area contributed by atoms with Crippen LogP contribution in [0.15, 0.2) is 6.07 Å². The lowest BCUT2D eigenvalue weighted by atomic mass is 9.84. The quantitative estimate of drug-likeness (QED) is 0.868. The Balaban J connectivity index is 2.04. The van der Waals surface area contributed by atoms with Crippen molar-refractivity contribution in [2.75, 3.05) is 7.05 Å². The summed E-state index contributed by atoms with van der Waals surface area (Å²) >= 11 is 0. The standard InChI is InChI=1S/C15H27N3/c1-4-13-11-15(18(3)17-13)14(16-2)10-12-8-6-5-7-9-12/h11-12,14,16H,4-10H2,1-3H3. The minimum Gasteiger partial charge on any atom is -0.312 e. The second kappa shape index (κ2) is 6.37. The predicted octanol–water partition coefficient (Wildman–Crippen LogP) is 3.21. The molecule has 0 aliphatic heterocycles. The molecule has 3 heteroatoms. The van der Waals surface area contributed by atoms with Crippen molar-refractivity contribution in [1.29, 1.82) is 0 Å². The summed E-state index contributed by atoms with van der Waals surface area (Å²) in [5, 5.41) is 8.05. The third-order valence-electron chi connectivity index (χ3n) is 4.33. The van der Waals surface area contributed by atoms with E-state index in [1.54, 1.807) is 0 Å². The van der Waals surface area contributed by atoms with Crippen LogP contribution in [0, 0.1) is 5.92 Å². The monoisotopic (exact) mass is 249 g/mol. The number of rotatable bonds is 5. The minimum atomic E-state index is 0.464. The van der Waals surface area contributed by atoms with Gasteiger partial charge in [-0.2, -0.15) is 5.10 Å². The molecule has 1 atom stereocenters. The third-order valence-corrected chi connectivity index (χ3v) is 4.33. The van der Waals surface area contributed by atoms with Gasteiger partial charge in [-0.15, -0.1) is 0 Å². The van der Waals surface area contributed by atoms with Crippen LogP contribution in [-0.2, 0) is 13.5 Å². The first-order chi connectivity index (χ1) is 8.74. The molecule has 1 aromatic heterocycles. The first-order valence-corrected chi connectivity index (χ1v) is 7.44. The van der Waals surface area contributed by atoms with Crippen LogP contribution in [-0.4, -0.2) is 16.8 Å². The van der Waals surface area contributed by atoms with Gasteiger partial charge in [0.1, 0.15) is 0 Å². The fraction of sp³-hybridized carbons (Fsp3) is 0.800. The van der Waals surface area contributed by atoms with Gasteiger partial charge in [0.15, 0.2) is 0 Å². The molecule has 102 valence electrons. The summed E-state index contributed by atoms with van der Waals surface area (Å²) in [4.78, 5) is 0. The Labute approximate surface area is 111 Å². The summed E-state index contributed by atoms with van der Waals surface area (Å²) in [6.45, 7) is 2.17. The van der Waals surface area contributed by atoms with Gasteiger partial charge < -0.3 is 5.32 Å². The average molecular weight is 249 g/mol. The van der Waals surface area contributed by atoms with Crippen LogP contribution in [0.3, 0.4) is 0 Å². The highest BCUT2D eigenvalue weighted by Crippen LogP contribution is 2.31. The number of aryl methyl sites for hydroxylation is 2. The van der Waals surface area contributed by atoms with Gasteiger partial charge in [0.2, 0.25) is 0 Å². The maximum absolute atomic E-state index is 4.57. The number of nitrogens with one attached hydrogen (secondary N) is 1. The second-order valence-corrected chi connectivity index (χ2v) is 5.62. The molecule has 0 radical (unpaired) electrons. The Bertz CT molecular complexity index is 364. The van der Waals surface area contributed by atoms with Gasteiger partial charge in [0.25, 0.3) is 0 Å². The van der Waals surface area contributed by atoms with Crippen LogP contribution in [0.25, 0.3) is 0 Å². The number of hydrogen-bond donors (Lipinski definition) is 1. The number of aromatic nitrogens is 2. The predicted molar refractivity (Wildman–Crippen MR) is 75.6 cm³/mol. The molecular weight excluding hydrogens is 222 g/mol. The van der Waals surface area contributed by atoms with Gasteiger partial charge in [-0.3, -0.25) is 4.68 Å². The van der Waals surface area contributed by atoms with E-state index in [1.807, 2.05) is 0 Å². The van der Waals surface area contributed by atoms with E-state index in [1.165, 1.54) is 49.9 Å². The highest BCUT2D eigenvalue weighted by Gasteiger charge is 2.21. The molecular formula is C15H27N3. The lowest BCUT2D eigenvalue weighted by Gasteiger charge is -2.26. The second-order valence-electron chi connectivity index (χ2n) is 5.62. The fourth-order valence-electron chi connectivity index (χ4n) is 3.18. The van der Waals surface area contributed by atoms with Crippen molar-refractivity contribution < 1.29 is 0 Å². The molecule has 1 saturated carbocycles. The van der Waals surface area contributed by atoms with E-state index < -0.39 is 0 Å². The van der Waals surface area contributed by atoms with Gasteiger partial charge in [0, 0.05) is 13.1 Å². The molecule has 1 heterocycles. The summed E-state index contributed by atoms with van der Waals surface area (Å²) in [6, 6.07) is 2.73. The molecule has 18 heavy (non-hydrogen) atoms. The Morgan fingerprint density at radius 2 is 2.11 bits per heavy atom. The first kappa shape index (κ1) is 13.6. The van der Waals surface area contributed by atoms with Crippen LogP contribution >= 0.6 is 0 Å². The zero-order valence-corrected chi connectivity index (χ0v) is 12.1. The lowest BCUT2D eigenvalue weighted by molar-refractivity contribution is 0.300. The summed E-state index contributed by atoms with van der Waals surface area (Å²) in [5.41, 5.74) is 2.55. The highest BCUT2D eigenvalue weighted by atomic mass is 15.3. The Morgan fingerprint density at radius 1 is 1.39 bits per heavy atom. The van der Waals surface area contributed by atoms with Gasteiger partial charge in [-0.1, -0.05) is 39.0 Å². The molecule has 1 fully saturated rings. The Morgan fingerprint density at radius 3 is 2.67 bits per heavy atom. The van der Waals surface area contributed by atoms with Crippen LogP contribution in [0.4, 0.5) is 0 Å². The fourth-order valence-corrected chi connectivity index (χ4v) is 3.18. The maximum Gasteiger partial charge on any atom is 0.0625 e. The van der Waals surface area contributed by atoms with Crippen LogP contribution in [0.5, 0.6) is 0 Å². The molecule has 0 amide bonds. The Kier molecular flexibility index (Phi) is 4.81. The molecule has 0 saturated heterocycles. The van der Waals surface area contributed by atoms with Crippen molar-refractivity contribution in [3.05, 3.63) is 17.5 Å². The molecule has 1 aliphatic rings. The lowest BCUT2D eigenvalue weighted by Crippen LogP contribution is -2.23. The number of hydrogen-bond acceptors (Lipinski definition) is 2. The Hall–Kier alpha value is -0.830. The van der Waals surface area contributed by atoms with Gasteiger partial charge >= 0.3 is 0 Å². The summed E-state index contributed by atoms with van der Waals surface area (Å²) in [5.74, 6) is 0.899. The molecule has 0 bridgehead atoms. The molecule has 1 N–H and O–H groups in total. The highest BCUT2D eigenvalue weighted by molar-refractivity contribution is 5.14. The SMILES string of the molecule is CCc1cc(C(CC2CCCCC2)NC)n(C)n1. The zero-order chi connectivity index (χ0) is 13.0. The van der Waals surface area contributed by atoms with E-state index in [0.29, 0.717) is 6.04 Å².